The van der Waals surface area contributed by atoms with Gasteiger partial charge in [-0.2, -0.15) is 0 Å². The summed E-state index contributed by atoms with van der Waals surface area (Å²) in [6.07, 6.45) is 1.67. The maximum atomic E-state index is 11.2. The molecule has 0 aromatic heterocycles. The van der Waals surface area contributed by atoms with E-state index in [9.17, 15) is 5.11 Å². The van der Waals surface area contributed by atoms with Gasteiger partial charge >= 0.3 is 0 Å². The Hall–Kier alpha value is -1.84. The number of benzene rings is 2. The van der Waals surface area contributed by atoms with Gasteiger partial charge in [-0.05, 0) is 42.6 Å². The van der Waals surface area contributed by atoms with Gasteiger partial charge in [0, 0.05) is 12.5 Å². The van der Waals surface area contributed by atoms with Gasteiger partial charge in [0.1, 0.15) is 5.75 Å². The van der Waals surface area contributed by atoms with Gasteiger partial charge in [0.2, 0.25) is 0 Å². The molecule has 0 saturated carbocycles. The van der Waals surface area contributed by atoms with Gasteiger partial charge in [-0.25, -0.2) is 0 Å². The van der Waals surface area contributed by atoms with E-state index in [0.717, 1.165) is 30.8 Å². The number of methoxy groups -OCH3 is 1. The summed E-state index contributed by atoms with van der Waals surface area (Å²) in [5, 5.41) is 14.7. The van der Waals surface area contributed by atoms with Crippen LogP contribution in [-0.4, -0.2) is 25.3 Å². The standard InChI is InChI=1S/C21H29NO2/c1-4-21(23,19-11-8-12-20(15-19)24-3)17(2)16-22-14-13-18-9-6-5-7-10-18/h5-12,15,17,22-23H,4,13-14,16H2,1-3H3/t17-,21+/m0/s1. The predicted octanol–water partition coefficient (Wildman–Crippen LogP) is 3.76. The van der Waals surface area contributed by atoms with Gasteiger partial charge < -0.3 is 15.2 Å². The first kappa shape index (κ1) is 18.5. The molecule has 0 unspecified atom stereocenters. The van der Waals surface area contributed by atoms with Crippen LogP contribution >= 0.6 is 0 Å². The molecule has 3 heteroatoms. The zero-order chi connectivity index (χ0) is 17.4. The molecule has 0 aliphatic heterocycles. The number of rotatable bonds is 9. The molecular formula is C21H29NO2. The Morgan fingerprint density at radius 3 is 2.54 bits per heavy atom. The fourth-order valence-corrected chi connectivity index (χ4v) is 3.09. The highest BCUT2D eigenvalue weighted by Gasteiger charge is 2.33. The van der Waals surface area contributed by atoms with Gasteiger partial charge in [-0.3, -0.25) is 0 Å². The number of nitrogens with one attached hydrogen (secondary N) is 1. The minimum absolute atomic E-state index is 0.102. The van der Waals surface area contributed by atoms with E-state index < -0.39 is 5.60 Å². The second-order valence-corrected chi connectivity index (χ2v) is 6.35. The molecule has 2 atom stereocenters. The largest absolute Gasteiger partial charge is 0.497 e. The van der Waals surface area contributed by atoms with Crippen LogP contribution in [-0.2, 0) is 12.0 Å². The summed E-state index contributed by atoms with van der Waals surface area (Å²) in [5.74, 6) is 0.883. The van der Waals surface area contributed by atoms with Crippen molar-refractivity contribution in [2.24, 2.45) is 5.92 Å². The van der Waals surface area contributed by atoms with Gasteiger partial charge in [0.15, 0.2) is 0 Å². The maximum absolute atomic E-state index is 11.2. The van der Waals surface area contributed by atoms with Crippen LogP contribution in [0.4, 0.5) is 0 Å². The molecule has 0 radical (unpaired) electrons. The molecule has 130 valence electrons. The summed E-state index contributed by atoms with van der Waals surface area (Å²) in [6.45, 7) is 5.80. The minimum atomic E-state index is -0.853. The summed E-state index contributed by atoms with van der Waals surface area (Å²) in [4.78, 5) is 0. The number of ether oxygens (including phenoxy) is 1. The highest BCUT2D eigenvalue weighted by Crippen LogP contribution is 2.34. The Bertz CT molecular complexity index is 614. The summed E-state index contributed by atoms with van der Waals surface area (Å²) in [6, 6.07) is 18.2. The third kappa shape index (κ3) is 4.59. The van der Waals surface area contributed by atoms with Crippen LogP contribution in [0.25, 0.3) is 0 Å². The van der Waals surface area contributed by atoms with E-state index in [0.29, 0.717) is 6.42 Å². The fraction of sp³-hybridized carbons (Fsp3) is 0.429. The van der Waals surface area contributed by atoms with Crippen molar-refractivity contribution >= 4 is 0 Å². The predicted molar refractivity (Wildman–Crippen MR) is 99.4 cm³/mol. The molecule has 0 amide bonds. The molecule has 2 aromatic carbocycles. The Morgan fingerprint density at radius 2 is 1.88 bits per heavy atom. The third-order valence-corrected chi connectivity index (χ3v) is 4.81. The van der Waals surface area contributed by atoms with Crippen molar-refractivity contribution in [3.63, 3.8) is 0 Å². The summed E-state index contributed by atoms with van der Waals surface area (Å²) < 4.78 is 5.30. The highest BCUT2D eigenvalue weighted by molar-refractivity contribution is 5.32. The van der Waals surface area contributed by atoms with Gasteiger partial charge in [0.25, 0.3) is 0 Å². The molecule has 24 heavy (non-hydrogen) atoms. The van der Waals surface area contributed by atoms with Crippen LogP contribution in [0.15, 0.2) is 54.6 Å². The zero-order valence-corrected chi connectivity index (χ0v) is 15.0. The molecule has 0 spiro atoms. The van der Waals surface area contributed by atoms with Crippen molar-refractivity contribution in [2.45, 2.75) is 32.3 Å². The number of hydrogen-bond donors (Lipinski definition) is 2. The summed E-state index contributed by atoms with van der Waals surface area (Å²) in [5.41, 5.74) is 1.40. The molecular weight excluding hydrogens is 298 g/mol. The normalized spacial score (nSPS) is 14.8. The van der Waals surface area contributed by atoms with E-state index in [2.05, 4.69) is 36.5 Å². The molecule has 3 nitrogen and oxygen atoms in total. The van der Waals surface area contributed by atoms with Crippen LogP contribution in [0.5, 0.6) is 5.75 Å². The molecule has 0 heterocycles. The quantitative estimate of drug-likeness (QED) is 0.689. The third-order valence-electron chi connectivity index (χ3n) is 4.81. The second-order valence-electron chi connectivity index (χ2n) is 6.35. The van der Waals surface area contributed by atoms with Gasteiger partial charge in [-0.15, -0.1) is 0 Å². The SMILES string of the molecule is CC[C@](O)(c1cccc(OC)c1)[C@@H](C)CNCCc1ccccc1. The van der Waals surface area contributed by atoms with E-state index in [1.165, 1.54) is 5.56 Å². The second kappa shape index (κ2) is 8.86. The van der Waals surface area contributed by atoms with E-state index in [4.69, 9.17) is 4.74 Å². The van der Waals surface area contributed by atoms with Crippen LogP contribution in [0.1, 0.15) is 31.4 Å². The van der Waals surface area contributed by atoms with Gasteiger partial charge in [-0.1, -0.05) is 56.3 Å². The molecule has 0 aliphatic rings. The first-order valence-corrected chi connectivity index (χ1v) is 8.71. The van der Waals surface area contributed by atoms with Crippen molar-refractivity contribution in [1.29, 1.82) is 0 Å². The maximum Gasteiger partial charge on any atom is 0.119 e. The lowest BCUT2D eigenvalue weighted by Crippen LogP contribution is -2.39. The Morgan fingerprint density at radius 1 is 1.12 bits per heavy atom. The lowest BCUT2D eigenvalue weighted by molar-refractivity contribution is -0.0206. The topological polar surface area (TPSA) is 41.5 Å². The lowest BCUT2D eigenvalue weighted by atomic mass is 9.80. The van der Waals surface area contributed by atoms with Crippen LogP contribution < -0.4 is 10.1 Å². The van der Waals surface area contributed by atoms with Crippen LogP contribution in [0.2, 0.25) is 0 Å². The summed E-state index contributed by atoms with van der Waals surface area (Å²) >= 11 is 0. The van der Waals surface area contributed by atoms with E-state index >= 15 is 0 Å². The highest BCUT2D eigenvalue weighted by atomic mass is 16.5. The minimum Gasteiger partial charge on any atom is -0.497 e. The fourth-order valence-electron chi connectivity index (χ4n) is 3.09. The summed E-state index contributed by atoms with van der Waals surface area (Å²) in [7, 11) is 1.65. The molecule has 0 bridgehead atoms. The zero-order valence-electron chi connectivity index (χ0n) is 15.0. The average molecular weight is 327 g/mol. The van der Waals surface area contributed by atoms with Crippen molar-refractivity contribution in [3.8, 4) is 5.75 Å². The van der Waals surface area contributed by atoms with Gasteiger partial charge in [0.05, 0.1) is 12.7 Å². The van der Waals surface area contributed by atoms with E-state index in [-0.39, 0.29) is 5.92 Å². The monoisotopic (exact) mass is 327 g/mol. The lowest BCUT2D eigenvalue weighted by Gasteiger charge is -2.34. The Labute approximate surface area is 145 Å². The molecule has 0 aliphatic carbocycles. The van der Waals surface area contributed by atoms with E-state index in [1.54, 1.807) is 7.11 Å². The molecule has 2 rings (SSSR count). The smallest absolute Gasteiger partial charge is 0.119 e. The first-order chi connectivity index (χ1) is 11.6. The Kier molecular flexibility index (Phi) is 6.83. The van der Waals surface area contributed by atoms with Crippen molar-refractivity contribution in [3.05, 3.63) is 65.7 Å². The average Bonchev–Trinajstić information content (AvgIpc) is 2.65. The van der Waals surface area contributed by atoms with Crippen molar-refractivity contribution in [1.82, 2.24) is 5.32 Å². The van der Waals surface area contributed by atoms with Crippen LogP contribution in [0.3, 0.4) is 0 Å². The molecule has 0 saturated heterocycles. The van der Waals surface area contributed by atoms with Crippen molar-refractivity contribution in [2.75, 3.05) is 20.2 Å². The Balaban J connectivity index is 1.93. The molecule has 2 N–H and O–H groups in total. The number of hydrogen-bond acceptors (Lipinski definition) is 3. The van der Waals surface area contributed by atoms with E-state index in [1.807, 2.05) is 37.3 Å². The van der Waals surface area contributed by atoms with Crippen molar-refractivity contribution < 1.29 is 9.84 Å². The molecule has 2 aromatic rings. The number of aliphatic hydroxyl groups is 1. The molecule has 0 fully saturated rings. The van der Waals surface area contributed by atoms with Crippen LogP contribution in [0, 0.1) is 5.92 Å². The first-order valence-electron chi connectivity index (χ1n) is 8.71.